The second kappa shape index (κ2) is 4.19. The molecule has 0 unspecified atom stereocenters. The van der Waals surface area contributed by atoms with Crippen LogP contribution in [0.15, 0.2) is 18.2 Å². The number of carbonyl (C=O) groups excluding carboxylic acids is 1. The van der Waals surface area contributed by atoms with E-state index in [2.05, 4.69) is 0 Å². The second-order valence-corrected chi connectivity index (χ2v) is 4.33. The predicted octanol–water partition coefficient (Wildman–Crippen LogP) is 3.57. The van der Waals surface area contributed by atoms with E-state index in [0.29, 0.717) is 5.56 Å². The lowest BCUT2D eigenvalue weighted by atomic mass is 10.0. The van der Waals surface area contributed by atoms with Crippen LogP contribution in [-0.4, -0.2) is 12.1 Å². The fourth-order valence-corrected chi connectivity index (χ4v) is 1.99. The Morgan fingerprint density at radius 1 is 1.33 bits per heavy atom. The number of anilines is 1. The molecular formula is C12H12F3NO2. The molecular weight excluding hydrogens is 247 g/mol. The van der Waals surface area contributed by atoms with Crippen molar-refractivity contribution in [3.8, 4) is 0 Å². The van der Waals surface area contributed by atoms with Crippen molar-refractivity contribution in [2.24, 2.45) is 0 Å². The Labute approximate surface area is 102 Å². The molecule has 0 bridgehead atoms. The molecule has 0 saturated heterocycles. The van der Waals surface area contributed by atoms with Gasteiger partial charge in [-0.15, -0.1) is 0 Å². The minimum Gasteiger partial charge on any atom is -0.444 e. The lowest BCUT2D eigenvalue weighted by Crippen LogP contribution is -2.42. The van der Waals surface area contributed by atoms with Crippen LogP contribution in [0.5, 0.6) is 0 Å². The number of halogens is 3. The number of benzene rings is 1. The number of alkyl halides is 3. The molecule has 1 aliphatic heterocycles. The Morgan fingerprint density at radius 3 is 2.56 bits per heavy atom. The summed E-state index contributed by atoms with van der Waals surface area (Å²) in [4.78, 5) is 12.7. The molecule has 0 atom stereocenters. The van der Waals surface area contributed by atoms with Crippen LogP contribution < -0.4 is 4.90 Å². The number of hydrogen-bond donors (Lipinski definition) is 0. The van der Waals surface area contributed by atoms with Crippen molar-refractivity contribution in [1.29, 1.82) is 0 Å². The zero-order valence-electron chi connectivity index (χ0n) is 9.91. The van der Waals surface area contributed by atoms with E-state index in [1.54, 1.807) is 13.8 Å². The SMILES string of the molecule is CC(C)N1C(=O)OCc2cccc(C(F)(F)F)c21. The van der Waals surface area contributed by atoms with Crippen LogP contribution in [0.1, 0.15) is 25.0 Å². The number of nitrogens with zero attached hydrogens (tertiary/aromatic N) is 1. The van der Waals surface area contributed by atoms with Gasteiger partial charge in [-0.2, -0.15) is 13.2 Å². The van der Waals surface area contributed by atoms with Gasteiger partial charge in [-0.1, -0.05) is 12.1 Å². The Bertz CT molecular complexity index is 483. The number of para-hydroxylation sites is 1. The third-order valence-corrected chi connectivity index (χ3v) is 2.73. The zero-order valence-corrected chi connectivity index (χ0v) is 9.91. The lowest BCUT2D eigenvalue weighted by molar-refractivity contribution is -0.137. The highest BCUT2D eigenvalue weighted by molar-refractivity contribution is 5.92. The normalized spacial score (nSPS) is 15.7. The first-order chi connectivity index (χ1) is 8.32. The fraction of sp³-hybridized carbons (Fsp3) is 0.417. The standard InChI is InChI=1S/C12H12F3NO2/c1-7(2)16-10-8(6-18-11(16)17)4-3-5-9(10)12(13,14)15/h3-5,7H,6H2,1-2H3. The summed E-state index contributed by atoms with van der Waals surface area (Å²) in [7, 11) is 0. The summed E-state index contributed by atoms with van der Waals surface area (Å²) in [6.07, 6.45) is -5.23. The van der Waals surface area contributed by atoms with Gasteiger partial charge < -0.3 is 4.74 Å². The van der Waals surface area contributed by atoms with Gasteiger partial charge in [0.2, 0.25) is 0 Å². The Balaban J connectivity index is 2.65. The van der Waals surface area contributed by atoms with Crippen LogP contribution >= 0.6 is 0 Å². The number of hydrogen-bond acceptors (Lipinski definition) is 2. The van der Waals surface area contributed by atoms with Crippen LogP contribution in [0.2, 0.25) is 0 Å². The van der Waals surface area contributed by atoms with Crippen molar-refractivity contribution in [3.63, 3.8) is 0 Å². The highest BCUT2D eigenvalue weighted by Gasteiger charge is 2.40. The molecule has 3 nitrogen and oxygen atoms in total. The maximum Gasteiger partial charge on any atom is 0.418 e. The maximum absolute atomic E-state index is 13.0. The lowest BCUT2D eigenvalue weighted by Gasteiger charge is -2.34. The van der Waals surface area contributed by atoms with Gasteiger partial charge in [0.25, 0.3) is 0 Å². The first kappa shape index (κ1) is 12.7. The maximum atomic E-state index is 13.0. The van der Waals surface area contributed by atoms with E-state index in [1.807, 2.05) is 0 Å². The molecule has 1 aromatic rings. The van der Waals surface area contributed by atoms with Gasteiger partial charge in [-0.05, 0) is 19.9 Å². The number of amides is 1. The second-order valence-electron chi connectivity index (χ2n) is 4.33. The Morgan fingerprint density at radius 2 is 2.00 bits per heavy atom. The number of ether oxygens (including phenoxy) is 1. The molecule has 0 aliphatic carbocycles. The Kier molecular flexibility index (Phi) is 2.96. The summed E-state index contributed by atoms with van der Waals surface area (Å²) in [6.45, 7) is 3.16. The summed E-state index contributed by atoms with van der Waals surface area (Å²) < 4.78 is 43.7. The molecule has 0 spiro atoms. The quantitative estimate of drug-likeness (QED) is 0.771. The zero-order chi connectivity index (χ0) is 13.5. The molecule has 6 heteroatoms. The molecule has 18 heavy (non-hydrogen) atoms. The minimum absolute atomic E-state index is 0.0868. The number of fused-ring (bicyclic) bond motifs is 1. The fourth-order valence-electron chi connectivity index (χ4n) is 1.99. The highest BCUT2D eigenvalue weighted by atomic mass is 19.4. The van der Waals surface area contributed by atoms with Gasteiger partial charge in [0.15, 0.2) is 0 Å². The molecule has 1 amide bonds. The van der Waals surface area contributed by atoms with E-state index in [4.69, 9.17) is 4.74 Å². The van der Waals surface area contributed by atoms with Crippen molar-refractivity contribution in [1.82, 2.24) is 0 Å². The highest BCUT2D eigenvalue weighted by Crippen LogP contribution is 2.41. The van der Waals surface area contributed by atoms with Gasteiger partial charge in [-0.3, -0.25) is 4.90 Å². The number of rotatable bonds is 1. The van der Waals surface area contributed by atoms with Crippen molar-refractivity contribution < 1.29 is 22.7 Å². The average molecular weight is 259 g/mol. The first-order valence-electron chi connectivity index (χ1n) is 5.47. The minimum atomic E-state index is -4.49. The largest absolute Gasteiger partial charge is 0.444 e. The van der Waals surface area contributed by atoms with E-state index in [0.717, 1.165) is 11.0 Å². The summed E-state index contributed by atoms with van der Waals surface area (Å²) in [6, 6.07) is 3.43. The van der Waals surface area contributed by atoms with Crippen molar-refractivity contribution in [2.45, 2.75) is 32.7 Å². The van der Waals surface area contributed by atoms with E-state index in [1.165, 1.54) is 12.1 Å². The summed E-state index contributed by atoms with van der Waals surface area (Å²) in [5.41, 5.74) is -0.514. The van der Waals surface area contributed by atoms with Gasteiger partial charge in [0.05, 0.1) is 11.3 Å². The van der Waals surface area contributed by atoms with E-state index >= 15 is 0 Å². The molecule has 1 aliphatic rings. The summed E-state index contributed by atoms with van der Waals surface area (Å²) in [5, 5.41) is 0. The van der Waals surface area contributed by atoms with Crippen LogP contribution in [0.3, 0.4) is 0 Å². The Hall–Kier alpha value is -1.72. The van der Waals surface area contributed by atoms with Gasteiger partial charge in [0.1, 0.15) is 6.61 Å². The van der Waals surface area contributed by atoms with E-state index in [-0.39, 0.29) is 12.3 Å². The smallest absolute Gasteiger partial charge is 0.418 e. The predicted molar refractivity (Wildman–Crippen MR) is 59.2 cm³/mol. The van der Waals surface area contributed by atoms with E-state index in [9.17, 15) is 18.0 Å². The third-order valence-electron chi connectivity index (χ3n) is 2.73. The molecule has 0 saturated carbocycles. The number of cyclic esters (lactones) is 1. The van der Waals surface area contributed by atoms with Gasteiger partial charge in [0, 0.05) is 11.6 Å². The summed E-state index contributed by atoms with van der Waals surface area (Å²) >= 11 is 0. The molecule has 0 N–H and O–H groups in total. The van der Waals surface area contributed by atoms with Gasteiger partial charge >= 0.3 is 12.3 Å². The number of carbonyl (C=O) groups is 1. The molecule has 0 fully saturated rings. The molecule has 1 aromatic carbocycles. The van der Waals surface area contributed by atoms with Crippen molar-refractivity contribution >= 4 is 11.8 Å². The van der Waals surface area contributed by atoms with Crippen LogP contribution in [-0.2, 0) is 17.5 Å². The monoisotopic (exact) mass is 259 g/mol. The molecule has 98 valence electrons. The van der Waals surface area contributed by atoms with Crippen LogP contribution in [0.4, 0.5) is 23.7 Å². The van der Waals surface area contributed by atoms with Crippen molar-refractivity contribution in [2.75, 3.05) is 4.90 Å². The average Bonchev–Trinajstić information content (AvgIpc) is 2.26. The van der Waals surface area contributed by atoms with E-state index < -0.39 is 23.9 Å². The topological polar surface area (TPSA) is 29.5 Å². The molecule has 0 aromatic heterocycles. The van der Waals surface area contributed by atoms with Crippen LogP contribution in [0, 0.1) is 0 Å². The molecule has 2 rings (SSSR count). The first-order valence-corrected chi connectivity index (χ1v) is 5.47. The summed E-state index contributed by atoms with van der Waals surface area (Å²) in [5.74, 6) is 0. The molecule has 1 heterocycles. The van der Waals surface area contributed by atoms with Crippen molar-refractivity contribution in [3.05, 3.63) is 29.3 Å². The third kappa shape index (κ3) is 2.02. The molecule has 0 radical (unpaired) electrons. The van der Waals surface area contributed by atoms with Crippen LogP contribution in [0.25, 0.3) is 0 Å². The van der Waals surface area contributed by atoms with Gasteiger partial charge in [-0.25, -0.2) is 4.79 Å².